The smallest absolute Gasteiger partial charge is 0.407 e. The zero-order valence-electron chi connectivity index (χ0n) is 12.9. The van der Waals surface area contributed by atoms with Gasteiger partial charge in [-0.15, -0.1) is 0 Å². The summed E-state index contributed by atoms with van der Waals surface area (Å²) < 4.78 is 45.2. The molecule has 9 heteroatoms. The third-order valence-electron chi connectivity index (χ3n) is 4.25. The highest BCUT2D eigenvalue weighted by Crippen LogP contribution is 2.39. The summed E-state index contributed by atoms with van der Waals surface area (Å²) in [6.45, 7) is 1.28. The standard InChI is InChI=1S/C14H19FN2O5S/c1-14(15,10-5-7-17(8-6-10)13(18)19)23(20,21)11-3-4-12(22-2)16-9-11/h3-4,9-10H,5-8H2,1-2H3,(H,18,19). The number of rotatable bonds is 4. The SMILES string of the molecule is COc1ccc(S(=O)(=O)C(C)(F)C2CCN(C(=O)O)CC2)cn1. The second-order valence-electron chi connectivity index (χ2n) is 5.57. The maximum Gasteiger partial charge on any atom is 0.407 e. The molecule has 2 rings (SSSR count). The molecule has 1 saturated heterocycles. The van der Waals surface area contributed by atoms with Gasteiger partial charge in [-0.05, 0) is 25.8 Å². The third kappa shape index (κ3) is 3.24. The molecule has 1 aliphatic heterocycles. The van der Waals surface area contributed by atoms with Crippen LogP contribution in [0.5, 0.6) is 5.88 Å². The number of aromatic nitrogens is 1. The Morgan fingerprint density at radius 1 is 1.43 bits per heavy atom. The quantitative estimate of drug-likeness (QED) is 0.895. The van der Waals surface area contributed by atoms with Gasteiger partial charge in [0.25, 0.3) is 0 Å². The van der Waals surface area contributed by atoms with Crippen molar-refractivity contribution < 1.29 is 27.4 Å². The number of pyridine rings is 1. The lowest BCUT2D eigenvalue weighted by Crippen LogP contribution is -2.46. The molecule has 1 aliphatic rings. The van der Waals surface area contributed by atoms with Gasteiger partial charge < -0.3 is 14.7 Å². The highest BCUT2D eigenvalue weighted by Gasteiger charge is 2.48. The lowest BCUT2D eigenvalue weighted by molar-refractivity contribution is 0.0913. The van der Waals surface area contributed by atoms with Gasteiger partial charge in [0.15, 0.2) is 0 Å². The van der Waals surface area contributed by atoms with E-state index in [1.807, 2.05) is 0 Å². The van der Waals surface area contributed by atoms with E-state index < -0.39 is 26.8 Å². The average molecular weight is 346 g/mol. The van der Waals surface area contributed by atoms with Crippen LogP contribution in [-0.4, -0.2) is 54.7 Å². The molecule has 0 aliphatic carbocycles. The fourth-order valence-corrected chi connectivity index (χ4v) is 4.26. The van der Waals surface area contributed by atoms with Crippen molar-refractivity contribution in [1.29, 1.82) is 0 Å². The number of halogens is 1. The van der Waals surface area contributed by atoms with E-state index in [1.165, 1.54) is 19.2 Å². The average Bonchev–Trinajstić information content (AvgIpc) is 2.54. The summed E-state index contributed by atoms with van der Waals surface area (Å²) in [4.78, 5) is 15.6. The highest BCUT2D eigenvalue weighted by atomic mass is 32.2. The molecule has 23 heavy (non-hydrogen) atoms. The summed E-state index contributed by atoms with van der Waals surface area (Å²) in [5, 5.41) is 6.42. The number of likely N-dealkylation sites (tertiary alicyclic amines) is 1. The summed E-state index contributed by atoms with van der Waals surface area (Å²) in [7, 11) is -2.86. The van der Waals surface area contributed by atoms with Crippen molar-refractivity contribution in [2.24, 2.45) is 5.92 Å². The summed E-state index contributed by atoms with van der Waals surface area (Å²) in [6.07, 6.45) is 0.300. The van der Waals surface area contributed by atoms with Gasteiger partial charge in [0.2, 0.25) is 20.7 Å². The van der Waals surface area contributed by atoms with Crippen molar-refractivity contribution in [3.63, 3.8) is 0 Å². The number of hydrogen-bond donors (Lipinski definition) is 1. The molecule has 1 atom stereocenters. The van der Waals surface area contributed by atoms with E-state index in [9.17, 15) is 13.2 Å². The zero-order valence-corrected chi connectivity index (χ0v) is 13.7. The Hall–Kier alpha value is -1.90. The number of sulfone groups is 1. The van der Waals surface area contributed by atoms with E-state index in [0.717, 1.165) is 18.0 Å². The lowest BCUT2D eigenvalue weighted by Gasteiger charge is -2.36. The van der Waals surface area contributed by atoms with Crippen molar-refractivity contribution >= 4 is 15.9 Å². The number of ether oxygens (including phenoxy) is 1. The molecule has 0 aromatic carbocycles. The molecular formula is C14H19FN2O5S. The molecule has 1 N–H and O–H groups in total. The molecule has 128 valence electrons. The van der Waals surface area contributed by atoms with Gasteiger partial charge in [0.1, 0.15) is 0 Å². The predicted molar refractivity (Wildman–Crippen MR) is 79.8 cm³/mol. The van der Waals surface area contributed by atoms with Gasteiger partial charge in [-0.2, -0.15) is 0 Å². The Morgan fingerprint density at radius 3 is 2.48 bits per heavy atom. The molecule has 0 bridgehead atoms. The number of carboxylic acid groups (broad SMARTS) is 1. The summed E-state index contributed by atoms with van der Waals surface area (Å²) >= 11 is 0. The summed E-state index contributed by atoms with van der Waals surface area (Å²) in [5.41, 5.74) is 0. The first-order chi connectivity index (χ1) is 10.7. The maximum absolute atomic E-state index is 15.1. The first-order valence-corrected chi connectivity index (χ1v) is 8.60. The first-order valence-electron chi connectivity index (χ1n) is 7.11. The van der Waals surface area contributed by atoms with Crippen molar-refractivity contribution in [1.82, 2.24) is 9.88 Å². The van der Waals surface area contributed by atoms with Crippen LogP contribution < -0.4 is 4.74 Å². The Bertz CT molecular complexity index is 667. The Labute approximate surface area is 134 Å². The van der Waals surface area contributed by atoms with Crippen LogP contribution in [0.25, 0.3) is 0 Å². The minimum absolute atomic E-state index is 0.121. The molecule has 0 radical (unpaired) electrons. The fraction of sp³-hybridized carbons (Fsp3) is 0.571. The van der Waals surface area contributed by atoms with Crippen molar-refractivity contribution in [2.45, 2.75) is 29.7 Å². The van der Waals surface area contributed by atoms with Crippen LogP contribution in [0.15, 0.2) is 23.2 Å². The Kier molecular flexibility index (Phi) is 4.79. The zero-order chi connectivity index (χ0) is 17.3. The minimum Gasteiger partial charge on any atom is -0.481 e. The molecule has 1 aromatic rings. The molecule has 1 amide bonds. The molecule has 1 aromatic heterocycles. The van der Waals surface area contributed by atoms with Crippen LogP contribution in [0, 0.1) is 5.92 Å². The van der Waals surface area contributed by atoms with Gasteiger partial charge >= 0.3 is 6.09 Å². The molecule has 1 unspecified atom stereocenters. The van der Waals surface area contributed by atoms with Crippen LogP contribution in [0.3, 0.4) is 0 Å². The van der Waals surface area contributed by atoms with E-state index >= 15 is 4.39 Å². The van der Waals surface area contributed by atoms with Gasteiger partial charge in [-0.1, -0.05) is 0 Å². The monoisotopic (exact) mass is 346 g/mol. The van der Waals surface area contributed by atoms with Crippen LogP contribution in [0.4, 0.5) is 9.18 Å². The fourth-order valence-electron chi connectivity index (χ4n) is 2.68. The van der Waals surface area contributed by atoms with E-state index in [1.54, 1.807) is 0 Å². The highest BCUT2D eigenvalue weighted by molar-refractivity contribution is 7.92. The molecule has 1 fully saturated rings. The molecule has 0 saturated carbocycles. The number of piperidine rings is 1. The van der Waals surface area contributed by atoms with Crippen molar-refractivity contribution in [2.75, 3.05) is 20.2 Å². The Morgan fingerprint density at radius 2 is 2.04 bits per heavy atom. The van der Waals surface area contributed by atoms with Gasteiger partial charge in [-0.3, -0.25) is 0 Å². The molecule has 7 nitrogen and oxygen atoms in total. The third-order valence-corrected chi connectivity index (χ3v) is 6.50. The normalized spacial score (nSPS) is 19.2. The molecule has 0 spiro atoms. The van der Waals surface area contributed by atoms with E-state index in [0.29, 0.717) is 0 Å². The van der Waals surface area contributed by atoms with E-state index in [-0.39, 0.29) is 36.7 Å². The number of methoxy groups -OCH3 is 1. The maximum atomic E-state index is 15.1. The van der Waals surface area contributed by atoms with Crippen molar-refractivity contribution in [3.8, 4) is 5.88 Å². The number of nitrogens with zero attached hydrogens (tertiary/aromatic N) is 2. The lowest BCUT2D eigenvalue weighted by atomic mass is 9.92. The predicted octanol–water partition coefficient (Wildman–Crippen LogP) is 1.94. The van der Waals surface area contributed by atoms with Crippen LogP contribution in [0.1, 0.15) is 19.8 Å². The topological polar surface area (TPSA) is 96.8 Å². The van der Waals surface area contributed by atoms with Crippen LogP contribution >= 0.6 is 0 Å². The number of amides is 1. The van der Waals surface area contributed by atoms with Gasteiger partial charge in [0.05, 0.1) is 12.0 Å². The second kappa shape index (κ2) is 6.31. The van der Waals surface area contributed by atoms with Crippen LogP contribution in [0.2, 0.25) is 0 Å². The van der Waals surface area contributed by atoms with Crippen molar-refractivity contribution in [3.05, 3.63) is 18.3 Å². The van der Waals surface area contributed by atoms with Gasteiger partial charge in [-0.25, -0.2) is 22.6 Å². The summed E-state index contributed by atoms with van der Waals surface area (Å²) in [5.74, 6) is -0.538. The van der Waals surface area contributed by atoms with E-state index in [2.05, 4.69) is 4.98 Å². The van der Waals surface area contributed by atoms with Gasteiger partial charge in [0, 0.05) is 31.3 Å². The number of alkyl halides is 1. The summed E-state index contributed by atoms with van der Waals surface area (Å²) in [6, 6.07) is 2.61. The first kappa shape index (κ1) is 17.5. The molecule has 2 heterocycles. The van der Waals surface area contributed by atoms with E-state index in [4.69, 9.17) is 9.84 Å². The number of carbonyl (C=O) groups is 1. The van der Waals surface area contributed by atoms with Crippen LogP contribution in [-0.2, 0) is 9.84 Å². The minimum atomic E-state index is -4.25. The Balaban J connectivity index is 2.21. The second-order valence-corrected chi connectivity index (χ2v) is 7.85. The molecular weight excluding hydrogens is 327 g/mol. The largest absolute Gasteiger partial charge is 0.481 e. The number of hydrogen-bond acceptors (Lipinski definition) is 5.